The number of rotatable bonds is 0. The maximum absolute atomic E-state index is 3.93. The van der Waals surface area contributed by atoms with E-state index in [-0.39, 0.29) is 18.9 Å². The molecule has 2 heteroatoms. The van der Waals surface area contributed by atoms with Crippen LogP contribution >= 0.6 is 0 Å². The molecule has 0 saturated heterocycles. The van der Waals surface area contributed by atoms with Crippen molar-refractivity contribution in [1.29, 1.82) is 0 Å². The van der Waals surface area contributed by atoms with Crippen LogP contribution in [0.2, 0.25) is 0 Å². The van der Waals surface area contributed by atoms with Gasteiger partial charge in [-0.05, 0) is 0 Å². The van der Waals surface area contributed by atoms with Crippen LogP contribution in [-0.2, 0) is 0 Å². The van der Waals surface area contributed by atoms with Gasteiger partial charge in [-0.3, -0.25) is 0 Å². The molecule has 1 nitrogen and oxygen atoms in total. The van der Waals surface area contributed by atoms with E-state index >= 15 is 0 Å². The molecule has 0 amide bonds. The average molecular weight is 125 g/mol. The zero-order chi connectivity index (χ0) is 6.36. The van der Waals surface area contributed by atoms with Crippen LogP contribution in [0.4, 0.5) is 0 Å². The van der Waals surface area contributed by atoms with Crippen molar-refractivity contribution in [2.45, 2.75) is 0 Å². The second-order valence-corrected chi connectivity index (χ2v) is 1.60. The van der Waals surface area contributed by atoms with Gasteiger partial charge in [0, 0.05) is 0 Å². The monoisotopic (exact) mass is 125 g/mol. The van der Waals surface area contributed by atoms with Gasteiger partial charge in [0.05, 0.1) is 0 Å². The molecule has 0 radical (unpaired) electrons. The normalized spacial score (nSPS) is 7.20. The first kappa shape index (κ1) is 9.36. The van der Waals surface area contributed by atoms with Gasteiger partial charge in [-0.15, -0.1) is 0 Å². The molecule has 0 atom stereocenters. The van der Waals surface area contributed by atoms with E-state index in [0.29, 0.717) is 0 Å². The van der Waals surface area contributed by atoms with Gasteiger partial charge in [-0.25, -0.2) is 0 Å². The summed E-state index contributed by atoms with van der Waals surface area (Å²) in [6.07, 6.45) is 3.50. The Hall–Kier alpha value is -0.643. The van der Waals surface area contributed by atoms with E-state index in [2.05, 4.69) is 4.98 Å². The molecular formula is C8H8LiN. The first-order chi connectivity index (χ1) is 4.50. The van der Waals surface area contributed by atoms with E-state index in [1.165, 1.54) is 0 Å². The van der Waals surface area contributed by atoms with Gasteiger partial charge < -0.3 is 4.98 Å². The molecular weight excluding hydrogens is 117 g/mol. The van der Waals surface area contributed by atoms with Gasteiger partial charge in [-0.1, -0.05) is 36.4 Å². The van der Waals surface area contributed by atoms with Crippen molar-refractivity contribution in [3.63, 3.8) is 0 Å². The smallest absolute Gasteiger partial charge is 0.670 e. The zero-order valence-corrected chi connectivity index (χ0v) is 6.07. The summed E-state index contributed by atoms with van der Waals surface area (Å²) in [5.41, 5.74) is 0. The summed E-state index contributed by atoms with van der Waals surface area (Å²) in [5.74, 6) is 0. The van der Waals surface area contributed by atoms with Crippen LogP contribution < -0.4 is 23.8 Å². The molecule has 10 heavy (non-hydrogen) atoms. The van der Waals surface area contributed by atoms with E-state index in [0.717, 1.165) is 0 Å². The van der Waals surface area contributed by atoms with E-state index in [1.807, 2.05) is 36.4 Å². The molecule has 0 aliphatic rings. The van der Waals surface area contributed by atoms with Crippen LogP contribution in [0.3, 0.4) is 0 Å². The van der Waals surface area contributed by atoms with Crippen LogP contribution in [0.25, 0.3) is 0 Å². The summed E-state index contributed by atoms with van der Waals surface area (Å²) in [5, 5.41) is 0. The predicted molar refractivity (Wildman–Crippen MR) is 37.4 cm³/mol. The van der Waals surface area contributed by atoms with Gasteiger partial charge in [0.15, 0.2) is 0 Å². The van der Waals surface area contributed by atoms with Crippen molar-refractivity contribution in [1.82, 2.24) is 4.98 Å². The topological polar surface area (TPSA) is 14.1 Å². The summed E-state index contributed by atoms with van der Waals surface area (Å²) < 4.78 is 0. The van der Waals surface area contributed by atoms with Crippen molar-refractivity contribution < 1.29 is 18.9 Å². The Morgan fingerprint density at radius 3 is 1.50 bits per heavy atom. The van der Waals surface area contributed by atoms with Crippen molar-refractivity contribution in [2.75, 3.05) is 0 Å². The minimum Gasteiger partial charge on any atom is -0.670 e. The Bertz CT molecular complexity index is 131. The predicted octanol–water partition coefficient (Wildman–Crippen LogP) is -1.23. The van der Waals surface area contributed by atoms with E-state index in [1.54, 1.807) is 12.4 Å². The largest absolute Gasteiger partial charge is 1.00 e. The minimum absolute atomic E-state index is 0. The number of nitrogens with zero attached hydrogens (tertiary/aromatic N) is 1. The fourth-order valence-corrected chi connectivity index (χ4v) is 0.505. The molecule has 0 N–H and O–H groups in total. The van der Waals surface area contributed by atoms with E-state index in [4.69, 9.17) is 0 Å². The van der Waals surface area contributed by atoms with Gasteiger partial charge >= 0.3 is 18.9 Å². The third-order valence-corrected chi connectivity index (χ3v) is 0.900. The quantitative estimate of drug-likeness (QED) is 0.396. The number of hydrogen-bond acceptors (Lipinski definition) is 0. The van der Waals surface area contributed by atoms with E-state index in [9.17, 15) is 0 Å². The molecule has 46 valence electrons. The fraction of sp³-hybridized carbons (Fsp3) is 0. The van der Waals surface area contributed by atoms with Crippen molar-refractivity contribution >= 4 is 0 Å². The molecule has 1 heterocycles. The maximum atomic E-state index is 3.93. The van der Waals surface area contributed by atoms with Gasteiger partial charge in [-0.2, -0.15) is 12.4 Å². The second-order valence-electron chi connectivity index (χ2n) is 1.60. The van der Waals surface area contributed by atoms with E-state index < -0.39 is 0 Å². The Morgan fingerprint density at radius 2 is 1.00 bits per heavy atom. The SMILES string of the molecule is [Li+].c1cccc[n-]ccc1. The minimum atomic E-state index is 0. The third-order valence-electron chi connectivity index (χ3n) is 0.900. The van der Waals surface area contributed by atoms with Gasteiger partial charge in [0.25, 0.3) is 0 Å². The molecule has 0 bridgehead atoms. The zero-order valence-electron chi connectivity index (χ0n) is 6.07. The summed E-state index contributed by atoms with van der Waals surface area (Å²) >= 11 is 0. The average Bonchev–Trinajstić information content (AvgIpc) is 2.00. The first-order valence-corrected chi connectivity index (χ1v) is 2.85. The van der Waals surface area contributed by atoms with Crippen LogP contribution in [-0.4, -0.2) is 0 Å². The molecule has 0 aliphatic carbocycles. The Morgan fingerprint density at radius 1 is 0.600 bits per heavy atom. The third kappa shape index (κ3) is 4.26. The number of aromatic nitrogens is 1. The molecule has 0 unspecified atom stereocenters. The Kier molecular flexibility index (Phi) is 6.06. The van der Waals surface area contributed by atoms with Crippen LogP contribution in [0, 0.1) is 0 Å². The molecule has 0 aliphatic heterocycles. The van der Waals surface area contributed by atoms with Gasteiger partial charge in [0.2, 0.25) is 0 Å². The molecule has 0 aromatic carbocycles. The maximum Gasteiger partial charge on any atom is 1.00 e. The standard InChI is InChI=1S/C8H8N.Li/c1-2-4-6-8-9-7-5-3-1;/h1-8H;/q-1;+1. The summed E-state index contributed by atoms with van der Waals surface area (Å²) in [7, 11) is 0. The summed E-state index contributed by atoms with van der Waals surface area (Å²) in [6, 6.07) is 11.6. The molecule has 1 aromatic rings. The van der Waals surface area contributed by atoms with Crippen LogP contribution in [0.15, 0.2) is 48.8 Å². The van der Waals surface area contributed by atoms with Gasteiger partial charge in [0.1, 0.15) is 0 Å². The van der Waals surface area contributed by atoms with Crippen LogP contribution in [0.5, 0.6) is 0 Å². The first-order valence-electron chi connectivity index (χ1n) is 2.85. The summed E-state index contributed by atoms with van der Waals surface area (Å²) in [4.78, 5) is 3.93. The Labute approximate surface area is 73.0 Å². The van der Waals surface area contributed by atoms with Crippen molar-refractivity contribution in [3.05, 3.63) is 48.8 Å². The Balaban J connectivity index is 0.000000810. The fourth-order valence-electron chi connectivity index (χ4n) is 0.505. The summed E-state index contributed by atoms with van der Waals surface area (Å²) in [6.45, 7) is 0. The second kappa shape index (κ2) is 6.48. The van der Waals surface area contributed by atoms with Crippen molar-refractivity contribution in [2.24, 2.45) is 0 Å². The molecule has 0 spiro atoms. The molecule has 0 saturated carbocycles. The molecule has 1 rings (SSSR count). The van der Waals surface area contributed by atoms with Crippen molar-refractivity contribution in [3.8, 4) is 0 Å². The molecule has 0 fully saturated rings. The number of hydrogen-bond donors (Lipinski definition) is 0. The molecule has 1 aromatic heterocycles. The van der Waals surface area contributed by atoms with Crippen LogP contribution in [0.1, 0.15) is 0 Å².